The van der Waals surface area contributed by atoms with Gasteiger partial charge in [0, 0.05) is 26.8 Å². The minimum atomic E-state index is -0.732. The molecule has 0 heterocycles. The van der Waals surface area contributed by atoms with E-state index in [0.717, 1.165) is 39.0 Å². The fourth-order valence-electron chi connectivity index (χ4n) is 2.17. The Hall–Kier alpha value is -1.39. The molecule has 0 aliphatic heterocycles. The van der Waals surface area contributed by atoms with Crippen molar-refractivity contribution in [2.24, 2.45) is 0 Å². The molecule has 0 aromatic heterocycles. The Kier molecular flexibility index (Phi) is 8.67. The van der Waals surface area contributed by atoms with Gasteiger partial charge in [0.15, 0.2) is 0 Å². The van der Waals surface area contributed by atoms with Crippen LogP contribution in [0.15, 0.2) is 30.3 Å². The molecule has 1 N–H and O–H groups in total. The van der Waals surface area contributed by atoms with Gasteiger partial charge in [-0.05, 0) is 31.4 Å². The van der Waals surface area contributed by atoms with Gasteiger partial charge in [-0.3, -0.25) is 4.79 Å². The molecule has 0 saturated heterocycles. The molecule has 4 heteroatoms. The first kappa shape index (κ1) is 16.7. The van der Waals surface area contributed by atoms with Gasteiger partial charge in [0.05, 0.1) is 6.42 Å². The lowest BCUT2D eigenvalue weighted by molar-refractivity contribution is -0.137. The van der Waals surface area contributed by atoms with Crippen LogP contribution < -0.4 is 0 Å². The molecule has 20 heavy (non-hydrogen) atoms. The SMILES string of the molecule is COCCCN(CCCc1ccccc1)CCC(=O)O. The number of ether oxygens (including phenoxy) is 1. The number of carboxylic acids is 1. The van der Waals surface area contributed by atoms with Gasteiger partial charge in [0.2, 0.25) is 0 Å². The Balaban J connectivity index is 2.28. The molecule has 0 spiro atoms. The quantitative estimate of drug-likeness (QED) is 0.632. The van der Waals surface area contributed by atoms with Crippen molar-refractivity contribution in [3.8, 4) is 0 Å². The molecule has 0 bridgehead atoms. The van der Waals surface area contributed by atoms with E-state index in [-0.39, 0.29) is 6.42 Å². The van der Waals surface area contributed by atoms with Gasteiger partial charge >= 0.3 is 5.97 Å². The first-order valence-electron chi connectivity index (χ1n) is 7.19. The number of nitrogens with zero attached hydrogens (tertiary/aromatic N) is 1. The maximum Gasteiger partial charge on any atom is 0.304 e. The molecule has 112 valence electrons. The van der Waals surface area contributed by atoms with Crippen LogP contribution in [0.25, 0.3) is 0 Å². The third kappa shape index (κ3) is 7.92. The van der Waals surface area contributed by atoms with Crippen LogP contribution in [0.3, 0.4) is 0 Å². The minimum absolute atomic E-state index is 0.207. The van der Waals surface area contributed by atoms with Crippen LogP contribution in [-0.2, 0) is 16.0 Å². The van der Waals surface area contributed by atoms with Crippen LogP contribution in [0.5, 0.6) is 0 Å². The Morgan fingerprint density at radius 2 is 1.85 bits per heavy atom. The average Bonchev–Trinajstić information content (AvgIpc) is 2.45. The van der Waals surface area contributed by atoms with Crippen LogP contribution in [0.4, 0.5) is 0 Å². The third-order valence-corrected chi connectivity index (χ3v) is 3.25. The highest BCUT2D eigenvalue weighted by Gasteiger charge is 2.07. The van der Waals surface area contributed by atoms with E-state index >= 15 is 0 Å². The summed E-state index contributed by atoms with van der Waals surface area (Å²) in [5.74, 6) is -0.732. The predicted molar refractivity (Wildman–Crippen MR) is 79.9 cm³/mol. The lowest BCUT2D eigenvalue weighted by Crippen LogP contribution is -2.29. The largest absolute Gasteiger partial charge is 0.481 e. The predicted octanol–water partition coefficient (Wildman–Crippen LogP) is 2.43. The van der Waals surface area contributed by atoms with Gasteiger partial charge in [0.1, 0.15) is 0 Å². The maximum atomic E-state index is 10.7. The second-order valence-electron chi connectivity index (χ2n) is 4.92. The van der Waals surface area contributed by atoms with Crippen molar-refractivity contribution in [1.82, 2.24) is 4.90 Å². The lowest BCUT2D eigenvalue weighted by Gasteiger charge is -2.21. The van der Waals surface area contributed by atoms with E-state index < -0.39 is 5.97 Å². The Morgan fingerprint density at radius 3 is 2.50 bits per heavy atom. The maximum absolute atomic E-state index is 10.7. The van der Waals surface area contributed by atoms with Crippen LogP contribution in [0.2, 0.25) is 0 Å². The minimum Gasteiger partial charge on any atom is -0.481 e. The van der Waals surface area contributed by atoms with Gasteiger partial charge in [-0.1, -0.05) is 30.3 Å². The number of aliphatic carboxylic acids is 1. The fraction of sp³-hybridized carbons (Fsp3) is 0.562. The standard InChI is InChI=1S/C16H25NO3/c1-20-14-6-12-17(13-10-16(18)19)11-5-9-15-7-3-2-4-8-15/h2-4,7-8H,5-6,9-14H2,1H3,(H,18,19). The smallest absolute Gasteiger partial charge is 0.304 e. The molecule has 0 saturated carbocycles. The van der Waals surface area contributed by atoms with E-state index in [1.165, 1.54) is 5.56 Å². The number of hydrogen-bond acceptors (Lipinski definition) is 3. The number of hydrogen-bond donors (Lipinski definition) is 1. The van der Waals surface area contributed by atoms with Gasteiger partial charge in [-0.25, -0.2) is 0 Å². The summed E-state index contributed by atoms with van der Waals surface area (Å²) in [6, 6.07) is 10.4. The highest BCUT2D eigenvalue weighted by Crippen LogP contribution is 2.04. The van der Waals surface area contributed by atoms with E-state index in [4.69, 9.17) is 9.84 Å². The van der Waals surface area contributed by atoms with Crippen molar-refractivity contribution in [1.29, 1.82) is 0 Å². The molecule has 1 rings (SSSR count). The number of methoxy groups -OCH3 is 1. The summed E-state index contributed by atoms with van der Waals surface area (Å²) >= 11 is 0. The van der Waals surface area contributed by atoms with Crippen LogP contribution in [0.1, 0.15) is 24.8 Å². The van der Waals surface area contributed by atoms with E-state index in [1.807, 2.05) is 6.07 Å². The van der Waals surface area contributed by atoms with Crippen LogP contribution >= 0.6 is 0 Å². The van der Waals surface area contributed by atoms with E-state index in [9.17, 15) is 4.79 Å². The van der Waals surface area contributed by atoms with Crippen molar-refractivity contribution < 1.29 is 14.6 Å². The average molecular weight is 279 g/mol. The van der Waals surface area contributed by atoms with Crippen LogP contribution in [-0.4, -0.2) is 49.3 Å². The lowest BCUT2D eigenvalue weighted by atomic mass is 10.1. The Labute approximate surface area is 121 Å². The molecule has 0 amide bonds. The molecule has 0 aliphatic carbocycles. The van der Waals surface area contributed by atoms with E-state index in [1.54, 1.807) is 7.11 Å². The van der Waals surface area contributed by atoms with Gasteiger partial charge < -0.3 is 14.7 Å². The monoisotopic (exact) mass is 279 g/mol. The number of carbonyl (C=O) groups is 1. The van der Waals surface area contributed by atoms with Gasteiger partial charge in [-0.15, -0.1) is 0 Å². The summed E-state index contributed by atoms with van der Waals surface area (Å²) in [6.45, 7) is 3.18. The first-order chi connectivity index (χ1) is 9.72. The summed E-state index contributed by atoms with van der Waals surface area (Å²) in [4.78, 5) is 12.9. The number of rotatable bonds is 11. The van der Waals surface area contributed by atoms with Crippen molar-refractivity contribution in [2.45, 2.75) is 25.7 Å². The van der Waals surface area contributed by atoms with E-state index in [0.29, 0.717) is 6.54 Å². The Morgan fingerprint density at radius 1 is 1.15 bits per heavy atom. The van der Waals surface area contributed by atoms with Crippen LogP contribution in [0, 0.1) is 0 Å². The van der Waals surface area contributed by atoms with E-state index in [2.05, 4.69) is 29.2 Å². The van der Waals surface area contributed by atoms with Gasteiger partial charge in [-0.2, -0.15) is 0 Å². The molecule has 0 radical (unpaired) electrons. The normalized spacial score (nSPS) is 10.9. The molecule has 4 nitrogen and oxygen atoms in total. The molecular formula is C16H25NO3. The second kappa shape index (κ2) is 10.4. The summed E-state index contributed by atoms with van der Waals surface area (Å²) in [5.41, 5.74) is 1.34. The zero-order valence-corrected chi connectivity index (χ0v) is 12.3. The molecule has 0 aliphatic rings. The number of carboxylic acid groups (broad SMARTS) is 1. The molecule has 0 atom stereocenters. The topological polar surface area (TPSA) is 49.8 Å². The summed E-state index contributed by atoms with van der Waals surface area (Å²) in [5, 5.41) is 8.79. The third-order valence-electron chi connectivity index (χ3n) is 3.25. The molecular weight excluding hydrogens is 254 g/mol. The van der Waals surface area contributed by atoms with Crippen molar-refractivity contribution in [3.05, 3.63) is 35.9 Å². The summed E-state index contributed by atoms with van der Waals surface area (Å²) in [6.07, 6.45) is 3.24. The molecule has 1 aromatic carbocycles. The zero-order valence-electron chi connectivity index (χ0n) is 12.3. The second-order valence-corrected chi connectivity index (χ2v) is 4.92. The molecule has 0 unspecified atom stereocenters. The van der Waals surface area contributed by atoms with Crippen molar-refractivity contribution in [3.63, 3.8) is 0 Å². The molecule has 0 fully saturated rings. The highest BCUT2D eigenvalue weighted by atomic mass is 16.5. The fourth-order valence-corrected chi connectivity index (χ4v) is 2.17. The summed E-state index contributed by atoms with van der Waals surface area (Å²) in [7, 11) is 1.69. The zero-order chi connectivity index (χ0) is 14.6. The van der Waals surface area contributed by atoms with Crippen molar-refractivity contribution in [2.75, 3.05) is 33.4 Å². The first-order valence-corrected chi connectivity index (χ1v) is 7.19. The summed E-state index contributed by atoms with van der Waals surface area (Å²) < 4.78 is 5.05. The number of benzene rings is 1. The number of aryl methyl sites for hydroxylation is 1. The molecule has 1 aromatic rings. The van der Waals surface area contributed by atoms with Gasteiger partial charge in [0.25, 0.3) is 0 Å². The highest BCUT2D eigenvalue weighted by molar-refractivity contribution is 5.66. The van der Waals surface area contributed by atoms with Crippen molar-refractivity contribution >= 4 is 5.97 Å². The Bertz CT molecular complexity index is 367.